The number of phenolic OH excluding ortho intramolecular Hbond substituents is 4. The van der Waals surface area contributed by atoms with E-state index in [-0.39, 0.29) is 11.1 Å². The lowest BCUT2D eigenvalue weighted by molar-refractivity contribution is -0.139. The third-order valence-corrected chi connectivity index (χ3v) is 3.55. The minimum atomic E-state index is -1.48. The van der Waals surface area contributed by atoms with E-state index in [0.29, 0.717) is 0 Å². The van der Waals surface area contributed by atoms with Crippen molar-refractivity contribution < 1.29 is 39.9 Å². The van der Waals surface area contributed by atoms with Gasteiger partial charge in [0.1, 0.15) is 6.04 Å². The van der Waals surface area contributed by atoms with E-state index in [9.17, 15) is 39.9 Å². The summed E-state index contributed by atoms with van der Waals surface area (Å²) in [5.41, 5.74) is -0.115. The van der Waals surface area contributed by atoms with Crippen molar-refractivity contribution in [3.63, 3.8) is 0 Å². The molecule has 10 nitrogen and oxygen atoms in total. The molecule has 0 aliphatic rings. The maximum absolute atomic E-state index is 12.1. The van der Waals surface area contributed by atoms with E-state index in [1.165, 1.54) is 12.1 Å². The number of nitrogens with one attached hydrogen (secondary N) is 2. The summed E-state index contributed by atoms with van der Waals surface area (Å²) in [6.07, 6.45) is 0. The predicted molar refractivity (Wildman–Crippen MR) is 90.8 cm³/mol. The first kappa shape index (κ1) is 19.4. The van der Waals surface area contributed by atoms with Crippen LogP contribution in [0.2, 0.25) is 0 Å². The summed E-state index contributed by atoms with van der Waals surface area (Å²) in [4.78, 5) is 35.4. The van der Waals surface area contributed by atoms with Crippen molar-refractivity contribution in [3.05, 3.63) is 47.5 Å². The van der Waals surface area contributed by atoms with Crippen LogP contribution in [0.5, 0.6) is 23.0 Å². The molecule has 10 heteroatoms. The lowest BCUT2D eigenvalue weighted by Crippen LogP contribution is -2.48. The smallest absolute Gasteiger partial charge is 0.328 e. The van der Waals surface area contributed by atoms with Gasteiger partial charge in [0.15, 0.2) is 23.0 Å². The number of aromatic hydroxyl groups is 4. The molecule has 2 aromatic carbocycles. The number of hydrogen-bond donors (Lipinski definition) is 7. The van der Waals surface area contributed by atoms with Gasteiger partial charge < -0.3 is 36.2 Å². The first-order valence-electron chi connectivity index (χ1n) is 7.55. The fourth-order valence-corrected chi connectivity index (χ4v) is 2.07. The summed E-state index contributed by atoms with van der Waals surface area (Å²) in [7, 11) is 0. The van der Waals surface area contributed by atoms with Crippen LogP contribution in [0.15, 0.2) is 36.4 Å². The highest BCUT2D eigenvalue weighted by atomic mass is 16.4. The number of carboxylic acid groups (broad SMARTS) is 1. The van der Waals surface area contributed by atoms with Crippen LogP contribution in [0.25, 0.3) is 0 Å². The normalized spacial score (nSPS) is 11.4. The third-order valence-electron chi connectivity index (χ3n) is 3.55. The summed E-state index contributed by atoms with van der Waals surface area (Å²) >= 11 is 0. The molecule has 0 aliphatic carbocycles. The maximum Gasteiger partial charge on any atom is 0.328 e. The lowest BCUT2D eigenvalue weighted by atomic mass is 10.1. The molecule has 7 N–H and O–H groups in total. The molecule has 0 saturated carbocycles. The molecule has 0 heterocycles. The van der Waals surface area contributed by atoms with Gasteiger partial charge in [-0.2, -0.15) is 0 Å². The number of carboxylic acids is 1. The number of amides is 2. The zero-order valence-electron chi connectivity index (χ0n) is 13.7. The van der Waals surface area contributed by atoms with E-state index in [2.05, 4.69) is 10.6 Å². The van der Waals surface area contributed by atoms with Crippen molar-refractivity contribution in [2.24, 2.45) is 0 Å². The minimum Gasteiger partial charge on any atom is -0.504 e. The number of hydrogen-bond acceptors (Lipinski definition) is 7. The first-order valence-corrected chi connectivity index (χ1v) is 7.55. The molecule has 0 unspecified atom stereocenters. The van der Waals surface area contributed by atoms with E-state index in [1.807, 2.05) is 0 Å². The molecule has 2 aromatic rings. The van der Waals surface area contributed by atoms with Crippen molar-refractivity contribution in [2.75, 3.05) is 6.54 Å². The largest absolute Gasteiger partial charge is 0.504 e. The number of aliphatic carboxylic acids is 1. The van der Waals surface area contributed by atoms with Gasteiger partial charge in [-0.1, -0.05) is 0 Å². The average Bonchev–Trinajstić information content (AvgIpc) is 2.62. The van der Waals surface area contributed by atoms with Crippen molar-refractivity contribution in [2.45, 2.75) is 6.04 Å². The molecule has 1 atom stereocenters. The highest BCUT2D eigenvalue weighted by molar-refractivity contribution is 5.98. The van der Waals surface area contributed by atoms with Gasteiger partial charge in [0.25, 0.3) is 11.8 Å². The van der Waals surface area contributed by atoms with Crippen LogP contribution in [0.3, 0.4) is 0 Å². The molecule has 0 saturated heterocycles. The first-order chi connectivity index (χ1) is 12.7. The highest BCUT2D eigenvalue weighted by Gasteiger charge is 2.22. The molecule has 0 fully saturated rings. The fraction of sp³-hybridized carbons (Fsp3) is 0.118. The number of rotatable bonds is 6. The second kappa shape index (κ2) is 7.95. The molecule has 142 valence electrons. The number of carbonyl (C=O) groups excluding carboxylic acids is 2. The van der Waals surface area contributed by atoms with Gasteiger partial charge in [-0.05, 0) is 36.4 Å². The molecular weight excluding hydrogens is 360 g/mol. The molecule has 0 radical (unpaired) electrons. The van der Waals surface area contributed by atoms with Gasteiger partial charge in [-0.25, -0.2) is 4.79 Å². The van der Waals surface area contributed by atoms with Gasteiger partial charge >= 0.3 is 5.97 Å². The number of phenols is 4. The van der Waals surface area contributed by atoms with E-state index in [4.69, 9.17) is 0 Å². The number of carbonyl (C=O) groups is 3. The van der Waals surface area contributed by atoms with Crippen LogP contribution >= 0.6 is 0 Å². The average molecular weight is 376 g/mol. The van der Waals surface area contributed by atoms with Crippen molar-refractivity contribution >= 4 is 17.8 Å². The number of benzene rings is 2. The van der Waals surface area contributed by atoms with Gasteiger partial charge in [0.05, 0.1) is 0 Å². The molecule has 0 aliphatic heterocycles. The zero-order valence-corrected chi connectivity index (χ0v) is 13.7. The molecule has 2 amide bonds. The third kappa shape index (κ3) is 4.78. The van der Waals surface area contributed by atoms with Gasteiger partial charge in [0.2, 0.25) is 0 Å². The van der Waals surface area contributed by atoms with E-state index in [1.54, 1.807) is 0 Å². The second-order valence-electron chi connectivity index (χ2n) is 5.48. The van der Waals surface area contributed by atoms with Crippen LogP contribution in [0.1, 0.15) is 20.7 Å². The summed E-state index contributed by atoms with van der Waals surface area (Å²) in [6, 6.07) is 5.04. The Bertz CT molecular complexity index is 896. The topological polar surface area (TPSA) is 176 Å². The Morgan fingerprint density at radius 2 is 1.26 bits per heavy atom. The van der Waals surface area contributed by atoms with Gasteiger partial charge in [-0.15, -0.1) is 0 Å². The van der Waals surface area contributed by atoms with Crippen molar-refractivity contribution in [1.82, 2.24) is 10.6 Å². The predicted octanol–water partition coefficient (Wildman–Crippen LogP) is 0.122. The Hall–Kier alpha value is -3.95. The van der Waals surface area contributed by atoms with Gasteiger partial charge in [0, 0.05) is 17.7 Å². The molecule has 27 heavy (non-hydrogen) atoms. The quantitative estimate of drug-likeness (QED) is 0.348. The Morgan fingerprint density at radius 1 is 0.778 bits per heavy atom. The zero-order chi connectivity index (χ0) is 20.1. The van der Waals surface area contributed by atoms with Crippen LogP contribution in [-0.2, 0) is 4.79 Å². The SMILES string of the molecule is O=C(NC[C@H](NC(=O)c1ccc(O)c(O)c1)C(=O)O)c1ccc(O)c(O)c1. The molecule has 2 rings (SSSR count). The van der Waals surface area contributed by atoms with E-state index >= 15 is 0 Å². The van der Waals surface area contributed by atoms with Crippen molar-refractivity contribution in [1.29, 1.82) is 0 Å². The second-order valence-corrected chi connectivity index (χ2v) is 5.48. The highest BCUT2D eigenvalue weighted by Crippen LogP contribution is 2.25. The lowest BCUT2D eigenvalue weighted by Gasteiger charge is -2.16. The van der Waals surface area contributed by atoms with Crippen LogP contribution in [0.4, 0.5) is 0 Å². The summed E-state index contributed by atoms with van der Waals surface area (Å²) < 4.78 is 0. The molecule has 0 spiro atoms. The Kier molecular flexibility index (Phi) is 5.71. The molecular formula is C17H16N2O8. The molecule has 0 aromatic heterocycles. The van der Waals surface area contributed by atoms with E-state index in [0.717, 1.165) is 24.3 Å². The summed E-state index contributed by atoms with van der Waals surface area (Å²) in [5, 5.41) is 50.9. The fourth-order valence-electron chi connectivity index (χ4n) is 2.07. The minimum absolute atomic E-state index is 0.0239. The standard InChI is InChI=1S/C17H16N2O8/c20-11-3-1-8(5-13(11)22)15(24)18-7-10(17(26)27)19-16(25)9-2-4-12(21)14(23)6-9/h1-6,10,20-23H,7H2,(H,18,24)(H,19,25)(H,26,27)/t10-/m0/s1. The summed E-state index contributed by atoms with van der Waals surface area (Å²) in [6.45, 7) is -0.467. The Balaban J connectivity index is 2.03. The monoisotopic (exact) mass is 376 g/mol. The Labute approximate surface area is 152 Å². The maximum atomic E-state index is 12.1. The van der Waals surface area contributed by atoms with Crippen LogP contribution < -0.4 is 10.6 Å². The molecule has 0 bridgehead atoms. The van der Waals surface area contributed by atoms with Gasteiger partial charge in [-0.3, -0.25) is 9.59 Å². The Morgan fingerprint density at radius 3 is 1.70 bits per heavy atom. The van der Waals surface area contributed by atoms with E-state index < -0.39 is 53.4 Å². The summed E-state index contributed by atoms with van der Waals surface area (Å²) in [5.74, 6) is -4.90. The van der Waals surface area contributed by atoms with Crippen LogP contribution in [-0.4, -0.2) is 55.9 Å². The van der Waals surface area contributed by atoms with Crippen molar-refractivity contribution in [3.8, 4) is 23.0 Å². The van der Waals surface area contributed by atoms with Crippen LogP contribution in [0, 0.1) is 0 Å².